The van der Waals surface area contributed by atoms with Gasteiger partial charge in [0, 0.05) is 11.6 Å². The number of carboxylic acids is 1. The van der Waals surface area contributed by atoms with Gasteiger partial charge in [-0.15, -0.1) is 0 Å². The molecule has 0 spiro atoms. The number of allylic oxidation sites excluding steroid dienone is 1. The summed E-state index contributed by atoms with van der Waals surface area (Å²) < 4.78 is 4.77. The number of hydrogen-bond donors (Lipinski definition) is 1. The smallest absolute Gasteiger partial charge is 0.337 e. The zero-order valence-corrected chi connectivity index (χ0v) is 13.0. The summed E-state index contributed by atoms with van der Waals surface area (Å²) >= 11 is 0. The zero-order valence-electron chi connectivity index (χ0n) is 13.0. The summed E-state index contributed by atoms with van der Waals surface area (Å²) in [5, 5.41) is 18.9. The summed E-state index contributed by atoms with van der Waals surface area (Å²) in [6.45, 7) is 3.38. The minimum absolute atomic E-state index is 0.0118. The van der Waals surface area contributed by atoms with Gasteiger partial charge in [0.15, 0.2) is 5.70 Å². The maximum atomic E-state index is 12.2. The van der Waals surface area contributed by atoms with E-state index < -0.39 is 23.8 Å². The fraction of sp³-hybridized carbons (Fsp3) is 0.294. The normalized spacial score (nSPS) is 20.5. The molecule has 1 aliphatic heterocycles. The van der Waals surface area contributed by atoms with Crippen LogP contribution in [0.3, 0.4) is 0 Å². The fourth-order valence-electron chi connectivity index (χ4n) is 2.87. The number of aliphatic carboxylic acids is 1. The second-order valence-electron chi connectivity index (χ2n) is 5.27. The minimum atomic E-state index is -1.10. The third-order valence-corrected chi connectivity index (χ3v) is 3.94. The van der Waals surface area contributed by atoms with Gasteiger partial charge in [-0.3, -0.25) is 4.79 Å². The fourth-order valence-corrected chi connectivity index (χ4v) is 2.87. The molecule has 6 heteroatoms. The standard InChI is InChI=1S/C17H16N2O4/c1-9-6-4-5-7-11(9)14-13(16(20)21)10(2)19-12(8-18)15(14)17(22)23-3/h4-7,13-14H,1-3H3,(H,20,21). The Morgan fingerprint density at radius 2 is 1.96 bits per heavy atom. The van der Waals surface area contributed by atoms with E-state index in [0.717, 1.165) is 5.56 Å². The van der Waals surface area contributed by atoms with E-state index in [-0.39, 0.29) is 17.0 Å². The lowest BCUT2D eigenvalue weighted by Crippen LogP contribution is -2.35. The number of ether oxygens (including phenoxy) is 1. The van der Waals surface area contributed by atoms with Crippen LogP contribution >= 0.6 is 0 Å². The van der Waals surface area contributed by atoms with Crippen LogP contribution in [0.2, 0.25) is 0 Å². The van der Waals surface area contributed by atoms with E-state index in [0.29, 0.717) is 5.56 Å². The summed E-state index contributed by atoms with van der Waals surface area (Å²) in [6.07, 6.45) is 0. The third kappa shape index (κ3) is 2.86. The van der Waals surface area contributed by atoms with Crippen molar-refractivity contribution < 1.29 is 19.4 Å². The van der Waals surface area contributed by atoms with Gasteiger partial charge >= 0.3 is 11.9 Å². The van der Waals surface area contributed by atoms with Gasteiger partial charge in [0.1, 0.15) is 12.0 Å². The number of carbonyl (C=O) groups is 2. The topological polar surface area (TPSA) is 99.8 Å². The number of carbonyl (C=O) groups excluding carboxylic acids is 1. The molecule has 2 rings (SSSR count). The van der Waals surface area contributed by atoms with Crippen LogP contribution in [0.25, 0.3) is 0 Å². The van der Waals surface area contributed by atoms with Gasteiger partial charge in [0.05, 0.1) is 12.7 Å². The van der Waals surface area contributed by atoms with Gasteiger partial charge in [-0.25, -0.2) is 9.79 Å². The molecule has 23 heavy (non-hydrogen) atoms. The molecule has 0 amide bonds. The van der Waals surface area contributed by atoms with Crippen molar-refractivity contribution in [1.29, 1.82) is 5.26 Å². The Bertz CT molecular complexity index is 771. The number of nitrogens with zero attached hydrogens (tertiary/aromatic N) is 2. The number of benzene rings is 1. The lowest BCUT2D eigenvalue weighted by atomic mass is 9.74. The van der Waals surface area contributed by atoms with Crippen molar-refractivity contribution in [2.75, 3.05) is 7.11 Å². The summed E-state index contributed by atoms with van der Waals surface area (Å²) in [5.74, 6) is -3.68. The van der Waals surface area contributed by atoms with E-state index in [2.05, 4.69) is 4.99 Å². The number of methoxy groups -OCH3 is 1. The van der Waals surface area contributed by atoms with E-state index >= 15 is 0 Å². The first-order valence-electron chi connectivity index (χ1n) is 6.98. The van der Waals surface area contributed by atoms with Crippen molar-refractivity contribution in [3.63, 3.8) is 0 Å². The van der Waals surface area contributed by atoms with Crippen LogP contribution in [0.5, 0.6) is 0 Å². The molecule has 1 N–H and O–H groups in total. The van der Waals surface area contributed by atoms with Crippen LogP contribution in [0.1, 0.15) is 24.0 Å². The summed E-state index contributed by atoms with van der Waals surface area (Å²) in [6, 6.07) is 9.05. The maximum absolute atomic E-state index is 12.2. The molecule has 2 unspecified atom stereocenters. The van der Waals surface area contributed by atoms with E-state index in [1.807, 2.05) is 25.1 Å². The van der Waals surface area contributed by atoms with Crippen molar-refractivity contribution in [3.8, 4) is 6.07 Å². The van der Waals surface area contributed by atoms with Gasteiger partial charge < -0.3 is 9.84 Å². The van der Waals surface area contributed by atoms with Crippen LogP contribution < -0.4 is 0 Å². The number of carboxylic acid groups (broad SMARTS) is 1. The first-order chi connectivity index (χ1) is 10.9. The van der Waals surface area contributed by atoms with Crippen LogP contribution in [0.15, 0.2) is 40.5 Å². The molecule has 118 valence electrons. The highest BCUT2D eigenvalue weighted by Crippen LogP contribution is 2.40. The van der Waals surface area contributed by atoms with Crippen molar-refractivity contribution in [1.82, 2.24) is 0 Å². The molecule has 1 heterocycles. The van der Waals surface area contributed by atoms with Gasteiger partial charge in [-0.1, -0.05) is 24.3 Å². The van der Waals surface area contributed by atoms with Crippen molar-refractivity contribution in [2.24, 2.45) is 10.9 Å². The van der Waals surface area contributed by atoms with Gasteiger partial charge in [0.2, 0.25) is 0 Å². The molecule has 1 aromatic rings. The Morgan fingerprint density at radius 1 is 1.30 bits per heavy atom. The molecular weight excluding hydrogens is 296 g/mol. The number of rotatable bonds is 3. The first kappa shape index (κ1) is 16.4. The lowest BCUT2D eigenvalue weighted by molar-refractivity contribution is -0.140. The summed E-state index contributed by atoms with van der Waals surface area (Å²) in [5.41, 5.74) is 1.68. The van der Waals surface area contributed by atoms with E-state index in [1.165, 1.54) is 7.11 Å². The molecule has 2 atom stereocenters. The highest BCUT2D eigenvalue weighted by Gasteiger charge is 2.42. The second-order valence-corrected chi connectivity index (χ2v) is 5.27. The number of aryl methyl sites for hydroxylation is 1. The predicted molar refractivity (Wildman–Crippen MR) is 82.8 cm³/mol. The molecule has 1 aromatic carbocycles. The number of esters is 1. The second kappa shape index (κ2) is 6.44. The molecule has 1 aliphatic rings. The SMILES string of the molecule is COC(=O)C1=C(C#N)N=C(C)C(C(=O)O)C1c1ccccc1C. The zero-order chi connectivity index (χ0) is 17.1. The Kier molecular flexibility index (Phi) is 4.60. The Balaban J connectivity index is 2.79. The Hall–Kier alpha value is -2.94. The predicted octanol–water partition coefficient (Wildman–Crippen LogP) is 2.20. The van der Waals surface area contributed by atoms with Crippen molar-refractivity contribution in [3.05, 3.63) is 46.7 Å². The highest BCUT2D eigenvalue weighted by molar-refractivity contribution is 6.07. The minimum Gasteiger partial charge on any atom is -0.481 e. The Morgan fingerprint density at radius 3 is 2.48 bits per heavy atom. The molecule has 6 nitrogen and oxygen atoms in total. The quantitative estimate of drug-likeness (QED) is 0.862. The third-order valence-electron chi connectivity index (χ3n) is 3.94. The lowest BCUT2D eigenvalue weighted by Gasteiger charge is -2.30. The Labute approximate surface area is 133 Å². The van der Waals surface area contributed by atoms with Gasteiger partial charge in [-0.05, 0) is 25.0 Å². The van der Waals surface area contributed by atoms with E-state index in [1.54, 1.807) is 19.1 Å². The average Bonchev–Trinajstić information content (AvgIpc) is 2.53. The molecule has 0 aromatic heterocycles. The van der Waals surface area contributed by atoms with E-state index in [9.17, 15) is 20.0 Å². The van der Waals surface area contributed by atoms with Crippen LogP contribution in [0, 0.1) is 24.2 Å². The average molecular weight is 312 g/mol. The van der Waals surface area contributed by atoms with Crippen LogP contribution in [0.4, 0.5) is 0 Å². The summed E-state index contributed by atoms with van der Waals surface area (Å²) in [4.78, 5) is 28.0. The molecule has 0 aliphatic carbocycles. The van der Waals surface area contributed by atoms with Gasteiger partial charge in [-0.2, -0.15) is 5.26 Å². The molecular formula is C17H16N2O4. The van der Waals surface area contributed by atoms with Crippen molar-refractivity contribution >= 4 is 17.7 Å². The van der Waals surface area contributed by atoms with Crippen LogP contribution in [-0.2, 0) is 14.3 Å². The molecule has 0 radical (unpaired) electrons. The van der Waals surface area contributed by atoms with Crippen LogP contribution in [-0.4, -0.2) is 29.9 Å². The molecule has 0 bridgehead atoms. The largest absolute Gasteiger partial charge is 0.481 e. The highest BCUT2D eigenvalue weighted by atomic mass is 16.5. The summed E-state index contributed by atoms with van der Waals surface area (Å²) in [7, 11) is 1.19. The number of nitriles is 1. The van der Waals surface area contributed by atoms with Gasteiger partial charge in [0.25, 0.3) is 0 Å². The molecule has 0 saturated heterocycles. The maximum Gasteiger partial charge on any atom is 0.337 e. The molecule has 0 saturated carbocycles. The molecule has 0 fully saturated rings. The monoisotopic (exact) mass is 312 g/mol. The number of hydrogen-bond acceptors (Lipinski definition) is 5. The van der Waals surface area contributed by atoms with E-state index in [4.69, 9.17) is 4.74 Å². The number of aliphatic imine (C=N–C) groups is 1. The van der Waals surface area contributed by atoms with Crippen molar-refractivity contribution in [2.45, 2.75) is 19.8 Å². The first-order valence-corrected chi connectivity index (χ1v) is 6.98.